The molecule has 5 nitrogen and oxygen atoms in total. The lowest BCUT2D eigenvalue weighted by Crippen LogP contribution is -2.39. The number of unbranched alkanes of at least 4 members (excludes halogenated alkanes) is 19. The quantitative estimate of drug-likeness (QED) is 0.0556. The average molecular weight is 700 g/mol. The largest absolute Gasteiger partial charge is 0.441 e. The van der Waals surface area contributed by atoms with Crippen LogP contribution in [0.4, 0.5) is 4.79 Å². The first kappa shape index (κ1) is 42.3. The van der Waals surface area contributed by atoms with E-state index >= 15 is 0 Å². The first-order valence-electron chi connectivity index (χ1n) is 20.5. The van der Waals surface area contributed by atoms with Crippen LogP contribution in [-0.2, 0) is 19.8 Å². The van der Waals surface area contributed by atoms with E-state index in [1.807, 2.05) is 54.6 Å². The Labute approximate surface area is 311 Å². The normalized spacial score (nSPS) is 12.1. The molecule has 0 aliphatic rings. The summed E-state index contributed by atoms with van der Waals surface area (Å²) in [5.41, 5.74) is 2.13. The van der Waals surface area contributed by atoms with Crippen molar-refractivity contribution in [3.05, 3.63) is 108 Å². The van der Waals surface area contributed by atoms with E-state index < -0.39 is 17.8 Å². The van der Waals surface area contributed by atoms with Crippen LogP contribution in [0.5, 0.6) is 0 Å². The van der Waals surface area contributed by atoms with E-state index in [1.54, 1.807) is 7.05 Å². The minimum absolute atomic E-state index is 0.172. The molecule has 1 amide bonds. The van der Waals surface area contributed by atoms with Crippen LogP contribution in [-0.4, -0.2) is 39.1 Å². The highest BCUT2D eigenvalue weighted by atomic mass is 16.6. The number of ether oxygens (including phenoxy) is 3. The van der Waals surface area contributed by atoms with Gasteiger partial charge in [-0.1, -0.05) is 220 Å². The van der Waals surface area contributed by atoms with Crippen molar-refractivity contribution in [2.24, 2.45) is 0 Å². The number of nitrogens with one attached hydrogen (secondary N) is 1. The van der Waals surface area contributed by atoms with Crippen LogP contribution in [0.2, 0.25) is 0 Å². The topological polar surface area (TPSA) is 56.8 Å². The van der Waals surface area contributed by atoms with Crippen LogP contribution in [0.3, 0.4) is 0 Å². The summed E-state index contributed by atoms with van der Waals surface area (Å²) < 4.78 is 18.7. The highest BCUT2D eigenvalue weighted by molar-refractivity contribution is 5.66. The van der Waals surface area contributed by atoms with E-state index in [0.29, 0.717) is 6.61 Å². The molecule has 0 saturated heterocycles. The number of hydrogen-bond acceptors (Lipinski definition) is 4. The molecule has 3 aromatic rings. The lowest BCUT2D eigenvalue weighted by Gasteiger charge is -2.37. The van der Waals surface area contributed by atoms with Gasteiger partial charge in [-0.05, 0) is 23.1 Å². The zero-order valence-corrected chi connectivity index (χ0v) is 32.1. The summed E-state index contributed by atoms with van der Waals surface area (Å²) >= 11 is 0. The van der Waals surface area contributed by atoms with Crippen LogP contribution < -0.4 is 5.32 Å². The SMILES string of the molecule is CCCCCCCCCCCCCCCCCCCCCCOC[C@H](COC(c1ccccc1)(c1ccccc1)c1ccccc1)OC(=O)NC. The molecule has 1 N–H and O–H groups in total. The zero-order chi connectivity index (χ0) is 36.1. The van der Waals surface area contributed by atoms with Crippen LogP contribution in [0.25, 0.3) is 0 Å². The van der Waals surface area contributed by atoms with Crippen LogP contribution >= 0.6 is 0 Å². The fourth-order valence-electron chi connectivity index (χ4n) is 6.99. The maximum absolute atomic E-state index is 12.3. The molecule has 3 aromatic carbocycles. The zero-order valence-electron chi connectivity index (χ0n) is 32.1. The predicted octanol–water partition coefficient (Wildman–Crippen LogP) is 12.6. The standard InChI is InChI=1S/C46H69NO4/c1-3-4-5-6-7-8-9-10-11-12-13-14-15-16-17-18-19-20-21-31-38-49-39-44(51-45(48)47-2)40-50-46(41-32-25-22-26-33-41,42-34-27-23-28-35-42)43-36-29-24-30-37-43/h22-30,32-37,44H,3-21,31,38-40H2,1-2H3,(H,47,48)/t44-/m1/s1. The van der Waals surface area contributed by atoms with E-state index in [0.717, 1.165) is 29.5 Å². The van der Waals surface area contributed by atoms with Crippen molar-refractivity contribution in [2.45, 2.75) is 147 Å². The fourth-order valence-corrected chi connectivity index (χ4v) is 6.99. The van der Waals surface area contributed by atoms with Crippen molar-refractivity contribution in [1.29, 1.82) is 0 Å². The van der Waals surface area contributed by atoms with Gasteiger partial charge in [0.05, 0.1) is 13.2 Å². The number of rotatable bonds is 30. The van der Waals surface area contributed by atoms with Crippen molar-refractivity contribution < 1.29 is 19.0 Å². The maximum atomic E-state index is 12.3. The molecule has 0 fully saturated rings. The summed E-state index contributed by atoms with van der Waals surface area (Å²) in [6, 6.07) is 30.7. The van der Waals surface area contributed by atoms with E-state index in [-0.39, 0.29) is 13.2 Å². The minimum Gasteiger partial charge on any atom is -0.441 e. The van der Waals surface area contributed by atoms with Crippen LogP contribution in [0.1, 0.15) is 152 Å². The molecule has 282 valence electrons. The predicted molar refractivity (Wildman–Crippen MR) is 213 cm³/mol. The molecule has 1 atom stereocenters. The minimum atomic E-state index is -0.888. The third-order valence-corrected chi connectivity index (χ3v) is 9.95. The average Bonchev–Trinajstić information content (AvgIpc) is 3.18. The van der Waals surface area contributed by atoms with E-state index in [1.165, 1.54) is 116 Å². The Morgan fingerprint density at radius 1 is 0.529 bits per heavy atom. The van der Waals surface area contributed by atoms with Gasteiger partial charge in [-0.2, -0.15) is 0 Å². The molecule has 0 saturated carbocycles. The Morgan fingerprint density at radius 3 is 1.24 bits per heavy atom. The van der Waals surface area contributed by atoms with Gasteiger partial charge in [0.2, 0.25) is 0 Å². The molecule has 0 unspecified atom stereocenters. The molecule has 5 heteroatoms. The van der Waals surface area contributed by atoms with Crippen molar-refractivity contribution in [2.75, 3.05) is 26.9 Å². The molecular weight excluding hydrogens is 631 g/mol. The summed E-state index contributed by atoms with van der Waals surface area (Å²) in [7, 11) is 1.57. The van der Waals surface area contributed by atoms with Crippen LogP contribution in [0, 0.1) is 0 Å². The van der Waals surface area contributed by atoms with E-state index in [4.69, 9.17) is 14.2 Å². The second-order valence-corrected chi connectivity index (χ2v) is 14.2. The fraction of sp³-hybridized carbons (Fsp3) is 0.587. The Morgan fingerprint density at radius 2 is 0.882 bits per heavy atom. The van der Waals surface area contributed by atoms with Gasteiger partial charge in [0.1, 0.15) is 5.60 Å². The molecule has 3 rings (SSSR count). The second kappa shape index (κ2) is 27.5. The summed E-state index contributed by atoms with van der Waals surface area (Å²) in [6.45, 7) is 3.39. The first-order chi connectivity index (χ1) is 25.2. The molecule has 0 radical (unpaired) electrons. The summed E-state index contributed by atoms with van der Waals surface area (Å²) in [6.07, 6.45) is 26.3. The maximum Gasteiger partial charge on any atom is 0.407 e. The molecule has 0 heterocycles. The van der Waals surface area contributed by atoms with Gasteiger partial charge >= 0.3 is 6.09 Å². The van der Waals surface area contributed by atoms with Gasteiger partial charge in [-0.25, -0.2) is 4.79 Å². The Kier molecular flexibility index (Phi) is 22.8. The van der Waals surface area contributed by atoms with Crippen molar-refractivity contribution >= 4 is 6.09 Å². The first-order valence-corrected chi connectivity index (χ1v) is 20.5. The van der Waals surface area contributed by atoms with E-state index in [9.17, 15) is 4.79 Å². The van der Waals surface area contributed by atoms with Crippen molar-refractivity contribution in [3.63, 3.8) is 0 Å². The van der Waals surface area contributed by atoms with Gasteiger partial charge in [-0.15, -0.1) is 0 Å². The lowest BCUT2D eigenvalue weighted by molar-refractivity contribution is -0.0681. The van der Waals surface area contributed by atoms with Gasteiger partial charge in [0.25, 0.3) is 0 Å². The molecule has 0 aromatic heterocycles. The summed E-state index contributed by atoms with van der Waals surface area (Å²) in [5, 5.41) is 2.58. The van der Waals surface area contributed by atoms with Crippen molar-refractivity contribution in [3.8, 4) is 0 Å². The molecule has 0 bridgehead atoms. The third kappa shape index (κ3) is 16.8. The number of carbonyl (C=O) groups excluding carboxylic acids is 1. The van der Waals surface area contributed by atoms with Gasteiger partial charge in [0.15, 0.2) is 6.10 Å². The Balaban J connectivity index is 1.32. The number of amides is 1. The smallest absolute Gasteiger partial charge is 0.407 e. The van der Waals surface area contributed by atoms with Gasteiger partial charge in [0, 0.05) is 13.7 Å². The summed E-state index contributed by atoms with van der Waals surface area (Å²) in [4.78, 5) is 12.3. The molecule has 0 aliphatic carbocycles. The molecule has 0 spiro atoms. The Bertz CT molecular complexity index is 1140. The van der Waals surface area contributed by atoms with Crippen molar-refractivity contribution in [1.82, 2.24) is 5.32 Å². The number of benzene rings is 3. The molecular formula is C46H69NO4. The lowest BCUT2D eigenvalue weighted by atomic mass is 9.80. The number of alkyl carbamates (subject to hydrolysis) is 1. The van der Waals surface area contributed by atoms with Gasteiger partial charge < -0.3 is 19.5 Å². The molecule has 0 aliphatic heterocycles. The highest BCUT2D eigenvalue weighted by Crippen LogP contribution is 2.40. The third-order valence-electron chi connectivity index (χ3n) is 9.95. The number of carbonyl (C=O) groups is 1. The monoisotopic (exact) mass is 700 g/mol. The summed E-state index contributed by atoms with van der Waals surface area (Å²) in [5.74, 6) is 0. The van der Waals surface area contributed by atoms with Crippen LogP contribution in [0.15, 0.2) is 91.0 Å². The van der Waals surface area contributed by atoms with Gasteiger partial charge in [-0.3, -0.25) is 0 Å². The Hall–Kier alpha value is -3.15. The van der Waals surface area contributed by atoms with E-state index in [2.05, 4.69) is 48.6 Å². The second-order valence-electron chi connectivity index (χ2n) is 14.2. The molecule has 51 heavy (non-hydrogen) atoms. The highest BCUT2D eigenvalue weighted by Gasteiger charge is 2.38. The number of hydrogen-bond donors (Lipinski definition) is 1.